The number of likely N-dealkylation sites (N-methyl/N-ethyl adjacent to an activating group) is 1. The van der Waals surface area contributed by atoms with Gasteiger partial charge in [-0.2, -0.15) is 0 Å². The quantitative estimate of drug-likeness (QED) is 0.779. The number of hydrogen-bond acceptors (Lipinski definition) is 4. The third kappa shape index (κ3) is 2.81. The Morgan fingerprint density at radius 2 is 2.24 bits per heavy atom. The maximum Gasteiger partial charge on any atom is 0.0702 e. The smallest absolute Gasteiger partial charge is 0.0702 e. The SMILES string of the molecule is CCOC1CCCN(C2(CN)CCN(C)C2)C1. The van der Waals surface area contributed by atoms with Crippen molar-refractivity contribution in [1.29, 1.82) is 0 Å². The molecule has 4 heteroatoms. The summed E-state index contributed by atoms with van der Waals surface area (Å²) in [6.45, 7) is 8.23. The predicted octanol–water partition coefficient (Wildman–Crippen LogP) is 0.520. The van der Waals surface area contributed by atoms with Gasteiger partial charge in [-0.15, -0.1) is 0 Å². The highest BCUT2D eigenvalue weighted by atomic mass is 16.5. The summed E-state index contributed by atoms with van der Waals surface area (Å²) in [5.74, 6) is 0. The molecule has 0 aromatic heterocycles. The molecule has 2 saturated heterocycles. The highest BCUT2D eigenvalue weighted by Gasteiger charge is 2.42. The summed E-state index contributed by atoms with van der Waals surface area (Å²) in [5.41, 5.74) is 6.28. The van der Waals surface area contributed by atoms with Crippen LogP contribution in [0.3, 0.4) is 0 Å². The third-order valence-corrected chi connectivity index (χ3v) is 4.35. The molecule has 17 heavy (non-hydrogen) atoms. The molecule has 100 valence electrons. The van der Waals surface area contributed by atoms with Crippen LogP contribution < -0.4 is 5.73 Å². The van der Waals surface area contributed by atoms with Crippen LogP contribution in [0.25, 0.3) is 0 Å². The second-order valence-electron chi connectivity index (χ2n) is 5.58. The van der Waals surface area contributed by atoms with E-state index in [0.29, 0.717) is 6.10 Å². The van der Waals surface area contributed by atoms with E-state index in [9.17, 15) is 0 Å². The Balaban J connectivity index is 1.99. The molecular formula is C13H27N3O. The Hall–Kier alpha value is -0.160. The first-order chi connectivity index (χ1) is 8.20. The van der Waals surface area contributed by atoms with E-state index in [1.807, 2.05) is 0 Å². The van der Waals surface area contributed by atoms with Gasteiger partial charge < -0.3 is 15.4 Å². The molecule has 2 atom stereocenters. The lowest BCUT2D eigenvalue weighted by molar-refractivity contribution is -0.0296. The molecule has 2 aliphatic rings. The molecule has 4 nitrogen and oxygen atoms in total. The molecule has 0 spiro atoms. The lowest BCUT2D eigenvalue weighted by Gasteiger charge is -2.44. The number of ether oxygens (including phenoxy) is 1. The highest BCUT2D eigenvalue weighted by Crippen LogP contribution is 2.29. The van der Waals surface area contributed by atoms with Gasteiger partial charge in [0.15, 0.2) is 0 Å². The summed E-state index contributed by atoms with van der Waals surface area (Å²) in [5, 5.41) is 0. The van der Waals surface area contributed by atoms with Crippen molar-refractivity contribution in [2.45, 2.75) is 37.8 Å². The lowest BCUT2D eigenvalue weighted by Crippen LogP contribution is -2.59. The fraction of sp³-hybridized carbons (Fsp3) is 1.00. The number of likely N-dealkylation sites (tertiary alicyclic amines) is 2. The number of hydrogen-bond donors (Lipinski definition) is 1. The monoisotopic (exact) mass is 241 g/mol. The van der Waals surface area contributed by atoms with E-state index in [4.69, 9.17) is 10.5 Å². The molecule has 2 unspecified atom stereocenters. The molecule has 0 bridgehead atoms. The molecule has 2 aliphatic heterocycles. The maximum atomic E-state index is 6.07. The second kappa shape index (κ2) is 5.65. The molecule has 0 aromatic carbocycles. The Bertz CT molecular complexity index is 247. The van der Waals surface area contributed by atoms with Gasteiger partial charge in [0.2, 0.25) is 0 Å². The van der Waals surface area contributed by atoms with Crippen LogP contribution in [0.4, 0.5) is 0 Å². The number of nitrogens with zero attached hydrogens (tertiary/aromatic N) is 2. The molecule has 2 rings (SSSR count). The summed E-state index contributed by atoms with van der Waals surface area (Å²) in [4.78, 5) is 5.00. The number of rotatable bonds is 4. The Morgan fingerprint density at radius 1 is 1.41 bits per heavy atom. The van der Waals surface area contributed by atoms with Crippen LogP contribution >= 0.6 is 0 Å². The van der Waals surface area contributed by atoms with Gasteiger partial charge in [-0.25, -0.2) is 0 Å². The van der Waals surface area contributed by atoms with Crippen molar-refractivity contribution in [2.75, 3.05) is 46.4 Å². The van der Waals surface area contributed by atoms with Crippen molar-refractivity contribution in [3.8, 4) is 0 Å². The first kappa shape index (κ1) is 13.3. The Kier molecular flexibility index (Phi) is 4.42. The van der Waals surface area contributed by atoms with Gasteiger partial charge in [0.05, 0.1) is 6.10 Å². The van der Waals surface area contributed by atoms with Crippen molar-refractivity contribution >= 4 is 0 Å². The zero-order valence-corrected chi connectivity index (χ0v) is 11.3. The molecule has 2 fully saturated rings. The summed E-state index contributed by atoms with van der Waals surface area (Å²) in [6, 6.07) is 0. The van der Waals surface area contributed by atoms with E-state index in [1.165, 1.54) is 32.4 Å². The van der Waals surface area contributed by atoms with E-state index in [-0.39, 0.29) is 5.54 Å². The summed E-state index contributed by atoms with van der Waals surface area (Å²) < 4.78 is 5.79. The van der Waals surface area contributed by atoms with Crippen LogP contribution in [0.5, 0.6) is 0 Å². The van der Waals surface area contributed by atoms with E-state index in [0.717, 1.165) is 26.2 Å². The van der Waals surface area contributed by atoms with Crippen molar-refractivity contribution in [2.24, 2.45) is 5.73 Å². The Labute approximate surface area is 105 Å². The minimum absolute atomic E-state index is 0.213. The van der Waals surface area contributed by atoms with Gasteiger partial charge in [0.1, 0.15) is 0 Å². The fourth-order valence-corrected chi connectivity index (χ4v) is 3.35. The van der Waals surface area contributed by atoms with Crippen molar-refractivity contribution < 1.29 is 4.74 Å². The predicted molar refractivity (Wildman–Crippen MR) is 70.1 cm³/mol. The normalized spacial score (nSPS) is 36.5. The third-order valence-electron chi connectivity index (χ3n) is 4.35. The van der Waals surface area contributed by atoms with Crippen LogP contribution in [0.1, 0.15) is 26.2 Å². The topological polar surface area (TPSA) is 41.7 Å². The minimum Gasteiger partial charge on any atom is -0.377 e. The molecule has 0 radical (unpaired) electrons. The molecule has 0 aliphatic carbocycles. The van der Waals surface area contributed by atoms with Crippen LogP contribution in [0, 0.1) is 0 Å². The van der Waals surface area contributed by atoms with Gasteiger partial charge in [-0.3, -0.25) is 4.90 Å². The van der Waals surface area contributed by atoms with Gasteiger partial charge in [-0.05, 0) is 46.3 Å². The zero-order chi connectivity index (χ0) is 12.3. The first-order valence-electron chi connectivity index (χ1n) is 6.95. The number of nitrogens with two attached hydrogens (primary N) is 1. The van der Waals surface area contributed by atoms with Crippen molar-refractivity contribution in [3.05, 3.63) is 0 Å². The minimum atomic E-state index is 0.213. The molecule has 0 aromatic rings. The number of piperidine rings is 1. The summed E-state index contributed by atoms with van der Waals surface area (Å²) in [7, 11) is 2.20. The molecular weight excluding hydrogens is 214 g/mol. The fourth-order valence-electron chi connectivity index (χ4n) is 3.35. The standard InChI is InChI=1S/C13H27N3O/c1-3-17-12-5-4-7-16(9-12)13(10-14)6-8-15(2)11-13/h12H,3-11,14H2,1-2H3. The van der Waals surface area contributed by atoms with Crippen LogP contribution in [-0.2, 0) is 4.74 Å². The molecule has 2 heterocycles. The van der Waals surface area contributed by atoms with E-state index in [1.54, 1.807) is 0 Å². The van der Waals surface area contributed by atoms with Crippen molar-refractivity contribution in [1.82, 2.24) is 9.80 Å². The second-order valence-corrected chi connectivity index (χ2v) is 5.58. The average Bonchev–Trinajstić information content (AvgIpc) is 2.73. The van der Waals surface area contributed by atoms with Crippen LogP contribution in [0.2, 0.25) is 0 Å². The largest absolute Gasteiger partial charge is 0.377 e. The maximum absolute atomic E-state index is 6.07. The van der Waals surface area contributed by atoms with Gasteiger partial charge in [0, 0.05) is 31.8 Å². The van der Waals surface area contributed by atoms with Crippen LogP contribution in [0.15, 0.2) is 0 Å². The van der Waals surface area contributed by atoms with Crippen molar-refractivity contribution in [3.63, 3.8) is 0 Å². The molecule has 2 N–H and O–H groups in total. The average molecular weight is 241 g/mol. The summed E-state index contributed by atoms with van der Waals surface area (Å²) >= 11 is 0. The van der Waals surface area contributed by atoms with E-state index in [2.05, 4.69) is 23.8 Å². The van der Waals surface area contributed by atoms with Crippen LogP contribution in [-0.4, -0.2) is 67.8 Å². The van der Waals surface area contributed by atoms with Gasteiger partial charge in [-0.1, -0.05) is 0 Å². The zero-order valence-electron chi connectivity index (χ0n) is 11.3. The van der Waals surface area contributed by atoms with E-state index >= 15 is 0 Å². The van der Waals surface area contributed by atoms with Gasteiger partial charge in [0.25, 0.3) is 0 Å². The first-order valence-corrected chi connectivity index (χ1v) is 6.95. The molecule has 0 amide bonds. The highest BCUT2D eigenvalue weighted by molar-refractivity contribution is 5.00. The van der Waals surface area contributed by atoms with E-state index < -0.39 is 0 Å². The Morgan fingerprint density at radius 3 is 2.82 bits per heavy atom. The summed E-state index contributed by atoms with van der Waals surface area (Å²) in [6.07, 6.45) is 4.08. The lowest BCUT2D eigenvalue weighted by atomic mass is 9.92. The molecule has 0 saturated carbocycles. The van der Waals surface area contributed by atoms with Gasteiger partial charge >= 0.3 is 0 Å².